The number of likely N-dealkylation sites (tertiary alicyclic amines) is 1. The van der Waals surface area contributed by atoms with Crippen LogP contribution in [-0.4, -0.2) is 37.0 Å². The molecule has 1 saturated heterocycles. The van der Waals surface area contributed by atoms with Crippen molar-refractivity contribution in [2.45, 2.75) is 25.4 Å². The highest BCUT2D eigenvalue weighted by Gasteiger charge is 2.21. The van der Waals surface area contributed by atoms with Gasteiger partial charge in [-0.1, -0.05) is 30.3 Å². The van der Waals surface area contributed by atoms with E-state index in [0.29, 0.717) is 17.0 Å². The summed E-state index contributed by atoms with van der Waals surface area (Å²) in [5.74, 6) is 0.463. The third-order valence-corrected chi connectivity index (χ3v) is 4.67. The highest BCUT2D eigenvalue weighted by atomic mass is 16.5. The second kappa shape index (κ2) is 8.03. The fraction of sp³-hybridized carbons (Fsp3) is 0.350. The van der Waals surface area contributed by atoms with Gasteiger partial charge in [0.2, 0.25) is 0 Å². The number of nitrogens with two attached hydrogens (primary N) is 1. The van der Waals surface area contributed by atoms with Crippen LogP contribution in [0.3, 0.4) is 0 Å². The first-order valence-electron chi connectivity index (χ1n) is 8.66. The van der Waals surface area contributed by atoms with E-state index >= 15 is 0 Å². The lowest BCUT2D eigenvalue weighted by Gasteiger charge is -2.32. The van der Waals surface area contributed by atoms with Gasteiger partial charge < -0.3 is 15.8 Å². The van der Waals surface area contributed by atoms with E-state index in [0.717, 1.165) is 32.5 Å². The number of rotatable bonds is 5. The predicted octanol–water partition coefficient (Wildman–Crippen LogP) is 2.67. The topological polar surface area (TPSA) is 67.6 Å². The van der Waals surface area contributed by atoms with E-state index < -0.39 is 0 Å². The fourth-order valence-corrected chi connectivity index (χ4v) is 3.20. The number of piperidine rings is 1. The molecule has 5 nitrogen and oxygen atoms in total. The Labute approximate surface area is 148 Å². The zero-order valence-electron chi connectivity index (χ0n) is 14.6. The van der Waals surface area contributed by atoms with Gasteiger partial charge in [-0.3, -0.25) is 9.69 Å². The summed E-state index contributed by atoms with van der Waals surface area (Å²) in [6, 6.07) is 15.8. The van der Waals surface area contributed by atoms with Gasteiger partial charge in [0.25, 0.3) is 5.91 Å². The van der Waals surface area contributed by atoms with Gasteiger partial charge >= 0.3 is 0 Å². The van der Waals surface area contributed by atoms with Gasteiger partial charge in [0.1, 0.15) is 5.75 Å². The molecule has 5 heteroatoms. The molecule has 1 aliphatic heterocycles. The van der Waals surface area contributed by atoms with E-state index in [-0.39, 0.29) is 11.9 Å². The van der Waals surface area contributed by atoms with E-state index in [4.69, 9.17) is 10.5 Å². The van der Waals surface area contributed by atoms with Crippen molar-refractivity contribution in [2.24, 2.45) is 0 Å². The lowest BCUT2D eigenvalue weighted by molar-refractivity contribution is 0.0908. The Balaban J connectivity index is 1.51. The van der Waals surface area contributed by atoms with Gasteiger partial charge in [-0.15, -0.1) is 0 Å². The van der Waals surface area contributed by atoms with Gasteiger partial charge in [0.05, 0.1) is 12.8 Å². The molecule has 0 unspecified atom stereocenters. The molecular weight excluding hydrogens is 314 g/mol. The van der Waals surface area contributed by atoms with Crippen molar-refractivity contribution in [1.29, 1.82) is 0 Å². The molecule has 132 valence electrons. The monoisotopic (exact) mass is 339 g/mol. The molecule has 2 aromatic carbocycles. The number of methoxy groups -OCH3 is 1. The number of carbonyl (C=O) groups excluding carboxylic acids is 1. The smallest absolute Gasteiger partial charge is 0.251 e. The SMILES string of the molecule is COc1cc(C(=O)NC2CCN(Cc3ccccc3)CC2)ccc1N. The summed E-state index contributed by atoms with van der Waals surface area (Å²) in [6.07, 6.45) is 1.93. The quantitative estimate of drug-likeness (QED) is 0.822. The number of ether oxygens (including phenoxy) is 1. The van der Waals surface area contributed by atoms with Crippen LogP contribution in [0.4, 0.5) is 5.69 Å². The van der Waals surface area contributed by atoms with Gasteiger partial charge in [-0.05, 0) is 36.6 Å². The molecule has 25 heavy (non-hydrogen) atoms. The van der Waals surface area contributed by atoms with E-state index in [1.807, 2.05) is 6.07 Å². The molecular formula is C20H25N3O2. The Morgan fingerprint density at radius 1 is 1.20 bits per heavy atom. The molecule has 2 aromatic rings. The Morgan fingerprint density at radius 3 is 2.60 bits per heavy atom. The van der Waals surface area contributed by atoms with Gasteiger partial charge in [0.15, 0.2) is 0 Å². The maximum Gasteiger partial charge on any atom is 0.251 e. The predicted molar refractivity (Wildman–Crippen MR) is 99.6 cm³/mol. The lowest BCUT2D eigenvalue weighted by Crippen LogP contribution is -2.44. The van der Waals surface area contributed by atoms with Crippen LogP contribution in [0, 0.1) is 0 Å². The number of amides is 1. The van der Waals surface area contributed by atoms with Crippen LogP contribution in [0.15, 0.2) is 48.5 Å². The maximum atomic E-state index is 12.4. The summed E-state index contributed by atoms with van der Waals surface area (Å²) in [4.78, 5) is 14.9. The molecule has 0 saturated carbocycles. The number of nitrogens with one attached hydrogen (secondary N) is 1. The molecule has 0 aliphatic carbocycles. The first-order valence-corrected chi connectivity index (χ1v) is 8.66. The van der Waals surface area contributed by atoms with E-state index in [2.05, 4.69) is 34.5 Å². The van der Waals surface area contributed by atoms with Crippen LogP contribution >= 0.6 is 0 Å². The molecule has 1 amide bonds. The van der Waals surface area contributed by atoms with Crippen molar-refractivity contribution in [2.75, 3.05) is 25.9 Å². The van der Waals surface area contributed by atoms with Gasteiger partial charge in [-0.2, -0.15) is 0 Å². The minimum absolute atomic E-state index is 0.0696. The average Bonchev–Trinajstić information content (AvgIpc) is 2.64. The van der Waals surface area contributed by atoms with Crippen molar-refractivity contribution in [1.82, 2.24) is 10.2 Å². The zero-order valence-corrected chi connectivity index (χ0v) is 14.6. The summed E-state index contributed by atoms with van der Waals surface area (Å²) in [6.45, 7) is 2.95. The summed E-state index contributed by atoms with van der Waals surface area (Å²) in [5.41, 5.74) is 8.25. The highest BCUT2D eigenvalue weighted by molar-refractivity contribution is 5.95. The zero-order chi connectivity index (χ0) is 17.6. The number of nitrogens with zero attached hydrogens (tertiary/aromatic N) is 1. The summed E-state index contributed by atoms with van der Waals surface area (Å²) >= 11 is 0. The minimum Gasteiger partial charge on any atom is -0.495 e. The minimum atomic E-state index is -0.0696. The summed E-state index contributed by atoms with van der Waals surface area (Å²) in [7, 11) is 1.55. The molecule has 1 fully saturated rings. The van der Waals surface area contributed by atoms with Crippen molar-refractivity contribution in [3.8, 4) is 5.75 Å². The largest absolute Gasteiger partial charge is 0.495 e. The first-order chi connectivity index (χ1) is 12.2. The van der Waals surface area contributed by atoms with Crippen molar-refractivity contribution in [3.05, 3.63) is 59.7 Å². The lowest BCUT2D eigenvalue weighted by atomic mass is 10.0. The maximum absolute atomic E-state index is 12.4. The van der Waals surface area contributed by atoms with Crippen molar-refractivity contribution >= 4 is 11.6 Å². The Bertz CT molecular complexity index is 710. The van der Waals surface area contributed by atoms with Crippen LogP contribution in [0.5, 0.6) is 5.75 Å². The van der Waals surface area contributed by atoms with E-state index in [1.54, 1.807) is 25.3 Å². The third kappa shape index (κ3) is 4.51. The van der Waals surface area contributed by atoms with Crippen LogP contribution in [-0.2, 0) is 6.54 Å². The van der Waals surface area contributed by atoms with Crippen LogP contribution in [0.1, 0.15) is 28.8 Å². The number of carbonyl (C=O) groups is 1. The molecule has 3 N–H and O–H groups in total. The summed E-state index contributed by atoms with van der Waals surface area (Å²) in [5, 5.41) is 3.13. The molecule has 1 aliphatic rings. The first kappa shape index (κ1) is 17.3. The van der Waals surface area contributed by atoms with Gasteiger partial charge in [0, 0.05) is 31.2 Å². The van der Waals surface area contributed by atoms with Gasteiger partial charge in [-0.25, -0.2) is 0 Å². The molecule has 3 rings (SSSR count). The molecule has 0 aromatic heterocycles. The number of anilines is 1. The number of hydrogen-bond acceptors (Lipinski definition) is 4. The van der Waals surface area contributed by atoms with Crippen LogP contribution in [0.25, 0.3) is 0 Å². The molecule has 0 spiro atoms. The second-order valence-electron chi connectivity index (χ2n) is 6.47. The Hall–Kier alpha value is -2.53. The highest BCUT2D eigenvalue weighted by Crippen LogP contribution is 2.22. The second-order valence-corrected chi connectivity index (χ2v) is 6.47. The fourth-order valence-electron chi connectivity index (χ4n) is 3.20. The number of hydrogen-bond donors (Lipinski definition) is 2. The van der Waals surface area contributed by atoms with E-state index in [9.17, 15) is 4.79 Å². The Morgan fingerprint density at radius 2 is 1.92 bits per heavy atom. The standard InChI is InChI=1S/C20H25N3O2/c1-25-19-13-16(7-8-18(19)21)20(24)22-17-9-11-23(12-10-17)14-15-5-3-2-4-6-15/h2-8,13,17H,9-12,14,21H2,1H3,(H,22,24). The normalized spacial score (nSPS) is 15.7. The molecule has 0 atom stereocenters. The van der Waals surface area contributed by atoms with Crippen LogP contribution < -0.4 is 15.8 Å². The third-order valence-electron chi connectivity index (χ3n) is 4.67. The van der Waals surface area contributed by atoms with Crippen LogP contribution in [0.2, 0.25) is 0 Å². The molecule has 0 radical (unpaired) electrons. The van der Waals surface area contributed by atoms with Crippen molar-refractivity contribution < 1.29 is 9.53 Å². The average molecular weight is 339 g/mol. The number of benzene rings is 2. The summed E-state index contributed by atoms with van der Waals surface area (Å²) < 4.78 is 5.18. The number of nitrogen functional groups attached to an aromatic ring is 1. The van der Waals surface area contributed by atoms with E-state index in [1.165, 1.54) is 5.56 Å². The molecule has 1 heterocycles. The Kier molecular flexibility index (Phi) is 5.56. The molecule has 0 bridgehead atoms. The van der Waals surface area contributed by atoms with Crippen molar-refractivity contribution in [3.63, 3.8) is 0 Å².